The first-order valence-corrected chi connectivity index (χ1v) is 9.60. The Morgan fingerprint density at radius 3 is 2.52 bits per heavy atom. The maximum Gasteiger partial charge on any atom is 0.247 e. The van der Waals surface area contributed by atoms with Gasteiger partial charge in [-0.05, 0) is 48.8 Å². The van der Waals surface area contributed by atoms with Crippen LogP contribution in [0.15, 0.2) is 20.0 Å². The molecular weight excluding hydrogens is 380 g/mol. The van der Waals surface area contributed by atoms with Crippen molar-refractivity contribution < 1.29 is 12.8 Å². The Labute approximate surface area is 139 Å². The molecule has 120 valence electrons. The SMILES string of the molecule is CN(C)CC1CCN(S(=O)(=O)c2cc(CCl)oc2Br)CC1. The van der Waals surface area contributed by atoms with E-state index in [1.807, 2.05) is 14.1 Å². The molecule has 1 saturated heterocycles. The highest BCUT2D eigenvalue weighted by atomic mass is 79.9. The van der Waals surface area contributed by atoms with Gasteiger partial charge in [0.1, 0.15) is 10.7 Å². The number of sulfonamides is 1. The fourth-order valence-electron chi connectivity index (χ4n) is 2.63. The van der Waals surface area contributed by atoms with Gasteiger partial charge in [-0.25, -0.2) is 8.42 Å². The Kier molecular flexibility index (Phi) is 5.76. The molecule has 5 nitrogen and oxygen atoms in total. The Balaban J connectivity index is 2.09. The monoisotopic (exact) mass is 398 g/mol. The van der Waals surface area contributed by atoms with Gasteiger partial charge in [0.15, 0.2) is 4.67 Å². The van der Waals surface area contributed by atoms with Gasteiger partial charge in [0.25, 0.3) is 0 Å². The predicted octanol–water partition coefficient (Wildman–Crippen LogP) is 2.74. The summed E-state index contributed by atoms with van der Waals surface area (Å²) >= 11 is 8.86. The van der Waals surface area contributed by atoms with Crippen LogP contribution in [0, 0.1) is 5.92 Å². The Bertz CT molecular complexity index is 580. The van der Waals surface area contributed by atoms with Crippen molar-refractivity contribution in [2.75, 3.05) is 33.7 Å². The summed E-state index contributed by atoms with van der Waals surface area (Å²) in [4.78, 5) is 2.32. The Morgan fingerprint density at radius 1 is 1.43 bits per heavy atom. The average molecular weight is 400 g/mol. The first kappa shape index (κ1) is 17.3. The fourth-order valence-corrected chi connectivity index (χ4v) is 5.19. The van der Waals surface area contributed by atoms with Crippen molar-refractivity contribution in [3.8, 4) is 0 Å². The van der Waals surface area contributed by atoms with Crippen LogP contribution in [0.2, 0.25) is 0 Å². The zero-order chi connectivity index (χ0) is 15.6. The van der Waals surface area contributed by atoms with Gasteiger partial charge in [0.2, 0.25) is 10.0 Å². The largest absolute Gasteiger partial charge is 0.452 e. The summed E-state index contributed by atoms with van der Waals surface area (Å²) in [7, 11) is 0.569. The molecule has 1 aliphatic rings. The van der Waals surface area contributed by atoms with Crippen LogP contribution in [0.1, 0.15) is 18.6 Å². The molecule has 0 saturated carbocycles. The van der Waals surface area contributed by atoms with E-state index < -0.39 is 10.0 Å². The molecular formula is C13H20BrClN2O3S. The molecule has 0 aromatic carbocycles. The molecule has 0 radical (unpaired) electrons. The zero-order valence-electron chi connectivity index (χ0n) is 12.2. The van der Waals surface area contributed by atoms with Gasteiger partial charge < -0.3 is 9.32 Å². The van der Waals surface area contributed by atoms with Crippen molar-refractivity contribution in [3.05, 3.63) is 16.5 Å². The van der Waals surface area contributed by atoms with Crippen LogP contribution in [0.3, 0.4) is 0 Å². The van der Waals surface area contributed by atoms with Gasteiger partial charge in [0, 0.05) is 25.7 Å². The van der Waals surface area contributed by atoms with E-state index in [2.05, 4.69) is 20.8 Å². The molecule has 2 heterocycles. The van der Waals surface area contributed by atoms with Crippen LogP contribution in [0.25, 0.3) is 0 Å². The number of nitrogens with zero attached hydrogens (tertiary/aromatic N) is 2. The number of alkyl halides is 1. The third-order valence-corrected chi connectivity index (χ3v) is 6.67. The summed E-state index contributed by atoms with van der Waals surface area (Å²) in [6, 6.07) is 1.50. The van der Waals surface area contributed by atoms with E-state index in [-0.39, 0.29) is 15.4 Å². The summed E-state index contributed by atoms with van der Waals surface area (Å²) in [6.07, 6.45) is 1.77. The molecule has 1 fully saturated rings. The van der Waals surface area contributed by atoms with Crippen LogP contribution in [0.5, 0.6) is 0 Å². The number of piperidine rings is 1. The predicted molar refractivity (Wildman–Crippen MR) is 86.0 cm³/mol. The second-order valence-electron chi connectivity index (χ2n) is 5.59. The van der Waals surface area contributed by atoms with Gasteiger partial charge in [-0.15, -0.1) is 11.6 Å². The summed E-state index contributed by atoms with van der Waals surface area (Å²) in [5, 5.41) is 0. The van der Waals surface area contributed by atoms with E-state index in [1.165, 1.54) is 10.4 Å². The van der Waals surface area contributed by atoms with E-state index in [4.69, 9.17) is 16.0 Å². The summed E-state index contributed by atoms with van der Waals surface area (Å²) in [6.45, 7) is 2.10. The standard InChI is InChI=1S/C13H20BrClN2O3S/c1-16(2)9-10-3-5-17(6-4-10)21(18,19)12-7-11(8-15)20-13(12)14/h7,10H,3-6,8-9H2,1-2H3. The third-order valence-electron chi connectivity index (χ3n) is 3.65. The average Bonchev–Trinajstić information content (AvgIpc) is 2.81. The molecule has 1 aromatic rings. The van der Waals surface area contributed by atoms with Gasteiger partial charge in [-0.1, -0.05) is 0 Å². The second-order valence-corrected chi connectivity index (χ2v) is 8.49. The van der Waals surface area contributed by atoms with Crippen LogP contribution in [-0.4, -0.2) is 51.4 Å². The van der Waals surface area contributed by atoms with Crippen molar-refractivity contribution in [3.63, 3.8) is 0 Å². The topological polar surface area (TPSA) is 53.8 Å². The highest BCUT2D eigenvalue weighted by Crippen LogP contribution is 2.31. The first-order valence-electron chi connectivity index (χ1n) is 6.83. The van der Waals surface area contributed by atoms with E-state index in [0.29, 0.717) is 24.8 Å². The molecule has 0 atom stereocenters. The lowest BCUT2D eigenvalue weighted by atomic mass is 9.98. The summed E-state index contributed by atoms with van der Waals surface area (Å²) in [5.41, 5.74) is 0. The molecule has 0 aliphatic carbocycles. The number of furan rings is 1. The third kappa shape index (κ3) is 4.01. The highest BCUT2D eigenvalue weighted by Gasteiger charge is 2.32. The van der Waals surface area contributed by atoms with E-state index in [0.717, 1.165) is 19.4 Å². The molecule has 0 N–H and O–H groups in total. The summed E-state index contributed by atoms with van der Waals surface area (Å²) < 4.78 is 32.3. The zero-order valence-corrected chi connectivity index (χ0v) is 15.3. The van der Waals surface area contributed by atoms with Crippen molar-refractivity contribution in [1.82, 2.24) is 9.21 Å². The number of rotatable bonds is 5. The Morgan fingerprint density at radius 2 is 2.05 bits per heavy atom. The van der Waals surface area contributed by atoms with Crippen LogP contribution in [-0.2, 0) is 15.9 Å². The first-order chi connectivity index (χ1) is 9.84. The molecule has 1 aromatic heterocycles. The van der Waals surface area contributed by atoms with Crippen LogP contribution < -0.4 is 0 Å². The number of halogens is 2. The quantitative estimate of drug-likeness (QED) is 0.714. The molecule has 1 aliphatic heterocycles. The Hall–Kier alpha value is -0.0800. The smallest absolute Gasteiger partial charge is 0.247 e. The van der Waals surface area contributed by atoms with Gasteiger partial charge in [-0.3, -0.25) is 0 Å². The lowest BCUT2D eigenvalue weighted by Gasteiger charge is -2.32. The van der Waals surface area contributed by atoms with Crippen LogP contribution in [0.4, 0.5) is 0 Å². The maximum atomic E-state index is 12.6. The number of hydrogen-bond donors (Lipinski definition) is 0. The van der Waals surface area contributed by atoms with Gasteiger partial charge in [-0.2, -0.15) is 4.31 Å². The minimum Gasteiger partial charge on any atom is -0.452 e. The van der Waals surface area contributed by atoms with Crippen molar-refractivity contribution in [2.24, 2.45) is 5.92 Å². The minimum atomic E-state index is -3.51. The molecule has 0 spiro atoms. The lowest BCUT2D eigenvalue weighted by molar-refractivity contribution is 0.225. The van der Waals surface area contributed by atoms with Gasteiger partial charge >= 0.3 is 0 Å². The van der Waals surface area contributed by atoms with Crippen molar-refractivity contribution >= 4 is 37.6 Å². The molecule has 21 heavy (non-hydrogen) atoms. The summed E-state index contributed by atoms with van der Waals surface area (Å²) in [5.74, 6) is 1.15. The molecule has 8 heteroatoms. The maximum absolute atomic E-state index is 12.6. The minimum absolute atomic E-state index is 0.152. The van der Waals surface area contributed by atoms with Crippen LogP contribution >= 0.6 is 27.5 Å². The van der Waals surface area contributed by atoms with E-state index >= 15 is 0 Å². The van der Waals surface area contributed by atoms with Gasteiger partial charge in [0.05, 0.1) is 5.88 Å². The number of hydrogen-bond acceptors (Lipinski definition) is 4. The molecule has 2 rings (SSSR count). The van der Waals surface area contributed by atoms with E-state index in [1.54, 1.807) is 0 Å². The van der Waals surface area contributed by atoms with Crippen molar-refractivity contribution in [1.29, 1.82) is 0 Å². The molecule has 0 bridgehead atoms. The second kappa shape index (κ2) is 7.00. The van der Waals surface area contributed by atoms with E-state index in [9.17, 15) is 8.42 Å². The highest BCUT2D eigenvalue weighted by molar-refractivity contribution is 9.10. The fraction of sp³-hybridized carbons (Fsp3) is 0.692. The normalized spacial score (nSPS) is 18.5. The van der Waals surface area contributed by atoms with Crippen molar-refractivity contribution in [2.45, 2.75) is 23.6 Å². The molecule has 0 amide bonds. The lowest BCUT2D eigenvalue weighted by Crippen LogP contribution is -2.40. The molecule has 0 unspecified atom stereocenters.